The van der Waals surface area contributed by atoms with Crippen LogP contribution in [0.2, 0.25) is 0 Å². The van der Waals surface area contributed by atoms with Gasteiger partial charge >= 0.3 is 0 Å². The third-order valence-electron chi connectivity index (χ3n) is 4.82. The van der Waals surface area contributed by atoms with Crippen molar-refractivity contribution in [3.63, 3.8) is 0 Å². The first kappa shape index (κ1) is 17.8. The lowest BCUT2D eigenvalue weighted by molar-refractivity contribution is -0.121. The number of benzene rings is 1. The number of nitrogens with zero attached hydrogens (tertiary/aromatic N) is 1. The molecule has 0 bridgehead atoms. The smallest absolute Gasteiger partial charge is 0.244 e. The van der Waals surface area contributed by atoms with Crippen LogP contribution in [0.3, 0.4) is 0 Å². The van der Waals surface area contributed by atoms with Gasteiger partial charge in [0.2, 0.25) is 11.8 Å². The third-order valence-corrected chi connectivity index (χ3v) is 4.82. The molecule has 2 aliphatic rings. The van der Waals surface area contributed by atoms with Gasteiger partial charge in [-0.15, -0.1) is 12.4 Å². The van der Waals surface area contributed by atoms with Crippen LogP contribution in [-0.4, -0.2) is 23.4 Å². The highest BCUT2D eigenvalue weighted by Gasteiger charge is 2.37. The Morgan fingerprint density at radius 3 is 2.65 bits per heavy atom. The summed E-state index contributed by atoms with van der Waals surface area (Å²) >= 11 is 0. The average Bonchev–Trinajstić information content (AvgIpc) is 3.07. The van der Waals surface area contributed by atoms with Gasteiger partial charge in [0.1, 0.15) is 0 Å². The largest absolute Gasteiger partial charge is 0.324 e. The molecule has 1 saturated carbocycles. The summed E-state index contributed by atoms with van der Waals surface area (Å²) < 4.78 is 0. The van der Waals surface area contributed by atoms with Crippen LogP contribution in [0, 0.1) is 0 Å². The topological polar surface area (TPSA) is 75.4 Å². The number of hydrogen-bond acceptors (Lipinski definition) is 3. The monoisotopic (exact) mass is 337 g/mol. The molecule has 1 heterocycles. The minimum atomic E-state index is -0.743. The number of nitrogens with one attached hydrogen (secondary N) is 1. The third kappa shape index (κ3) is 3.51. The first-order valence-corrected chi connectivity index (χ1v) is 8.02. The SMILES string of the molecule is CC1CCC(=O)N1c1cccc(NC(=O)C2(N)CCCC2)c1.Cl. The molecule has 2 amide bonds. The van der Waals surface area contributed by atoms with Gasteiger partial charge in [0.15, 0.2) is 0 Å². The van der Waals surface area contributed by atoms with Crippen LogP contribution in [0.5, 0.6) is 0 Å². The molecule has 1 saturated heterocycles. The molecule has 1 aromatic carbocycles. The average molecular weight is 338 g/mol. The van der Waals surface area contributed by atoms with E-state index in [2.05, 4.69) is 5.32 Å². The van der Waals surface area contributed by atoms with E-state index in [0.717, 1.165) is 37.8 Å². The molecule has 3 N–H and O–H groups in total. The molecule has 1 aliphatic carbocycles. The van der Waals surface area contributed by atoms with E-state index in [4.69, 9.17) is 5.73 Å². The highest BCUT2D eigenvalue weighted by molar-refractivity contribution is 6.00. The van der Waals surface area contributed by atoms with Crippen LogP contribution < -0.4 is 16.0 Å². The molecule has 0 radical (unpaired) electrons. The van der Waals surface area contributed by atoms with Crippen LogP contribution >= 0.6 is 12.4 Å². The van der Waals surface area contributed by atoms with Crippen molar-refractivity contribution in [2.45, 2.75) is 57.0 Å². The van der Waals surface area contributed by atoms with Crippen LogP contribution in [0.25, 0.3) is 0 Å². The van der Waals surface area contributed by atoms with Crippen molar-refractivity contribution in [1.29, 1.82) is 0 Å². The maximum atomic E-state index is 12.4. The molecule has 0 aromatic heterocycles. The van der Waals surface area contributed by atoms with E-state index in [9.17, 15) is 9.59 Å². The molecule has 1 atom stereocenters. The lowest BCUT2D eigenvalue weighted by atomic mass is 9.98. The van der Waals surface area contributed by atoms with Crippen molar-refractivity contribution in [3.8, 4) is 0 Å². The van der Waals surface area contributed by atoms with Gasteiger partial charge < -0.3 is 16.0 Å². The summed E-state index contributed by atoms with van der Waals surface area (Å²) in [6.45, 7) is 2.05. The number of hydrogen-bond donors (Lipinski definition) is 2. The fraction of sp³-hybridized carbons (Fsp3) is 0.529. The van der Waals surface area contributed by atoms with E-state index >= 15 is 0 Å². The zero-order valence-corrected chi connectivity index (χ0v) is 14.2. The summed E-state index contributed by atoms with van der Waals surface area (Å²) in [7, 11) is 0. The van der Waals surface area contributed by atoms with Crippen molar-refractivity contribution in [2.24, 2.45) is 5.73 Å². The van der Waals surface area contributed by atoms with Gasteiger partial charge in [-0.2, -0.15) is 0 Å². The second kappa shape index (κ2) is 6.89. The summed E-state index contributed by atoms with van der Waals surface area (Å²) in [6.07, 6.45) is 4.94. The Morgan fingerprint density at radius 1 is 1.35 bits per heavy atom. The number of halogens is 1. The summed E-state index contributed by atoms with van der Waals surface area (Å²) in [5, 5.41) is 2.92. The number of amides is 2. The zero-order valence-electron chi connectivity index (χ0n) is 13.4. The molecule has 1 aliphatic heterocycles. The minimum Gasteiger partial charge on any atom is -0.324 e. The minimum absolute atomic E-state index is 0. The number of anilines is 2. The van der Waals surface area contributed by atoms with Gasteiger partial charge in [0.25, 0.3) is 0 Å². The molecule has 126 valence electrons. The number of rotatable bonds is 3. The predicted octanol–water partition coefficient (Wildman–Crippen LogP) is 2.83. The van der Waals surface area contributed by atoms with Crippen molar-refractivity contribution in [3.05, 3.63) is 24.3 Å². The van der Waals surface area contributed by atoms with Gasteiger partial charge in [-0.1, -0.05) is 18.9 Å². The molecule has 1 unspecified atom stereocenters. The summed E-state index contributed by atoms with van der Waals surface area (Å²) in [5.41, 5.74) is 6.97. The Balaban J connectivity index is 0.00000192. The van der Waals surface area contributed by atoms with Crippen molar-refractivity contribution < 1.29 is 9.59 Å². The van der Waals surface area contributed by atoms with Gasteiger partial charge in [-0.05, 0) is 44.4 Å². The van der Waals surface area contributed by atoms with Crippen LogP contribution in [0.15, 0.2) is 24.3 Å². The van der Waals surface area contributed by atoms with Crippen LogP contribution in [-0.2, 0) is 9.59 Å². The summed E-state index contributed by atoms with van der Waals surface area (Å²) in [4.78, 5) is 26.2. The molecule has 2 fully saturated rings. The lowest BCUT2D eigenvalue weighted by Gasteiger charge is -2.24. The molecule has 3 rings (SSSR count). The lowest BCUT2D eigenvalue weighted by Crippen LogP contribution is -2.48. The maximum Gasteiger partial charge on any atom is 0.244 e. The normalized spacial score (nSPS) is 22.8. The molecule has 0 spiro atoms. The summed E-state index contributed by atoms with van der Waals surface area (Å²) in [5.74, 6) is 0.0185. The first-order valence-electron chi connectivity index (χ1n) is 8.02. The first-order chi connectivity index (χ1) is 10.5. The predicted molar refractivity (Wildman–Crippen MR) is 93.9 cm³/mol. The zero-order chi connectivity index (χ0) is 15.7. The van der Waals surface area contributed by atoms with Crippen molar-refractivity contribution >= 4 is 35.6 Å². The molecule has 6 heteroatoms. The van der Waals surface area contributed by atoms with Crippen molar-refractivity contribution in [1.82, 2.24) is 0 Å². The Kier molecular flexibility index (Phi) is 5.32. The highest BCUT2D eigenvalue weighted by atomic mass is 35.5. The molecule has 23 heavy (non-hydrogen) atoms. The second-order valence-corrected chi connectivity index (χ2v) is 6.52. The molecular weight excluding hydrogens is 314 g/mol. The van der Waals surface area contributed by atoms with E-state index < -0.39 is 5.54 Å². The van der Waals surface area contributed by atoms with Gasteiger partial charge in [0.05, 0.1) is 5.54 Å². The standard InChI is InChI=1S/C17H23N3O2.ClH/c1-12-7-8-15(21)20(12)14-6-4-5-13(11-14)19-16(22)17(18)9-2-3-10-17;/h4-6,11-12H,2-3,7-10,18H2,1H3,(H,19,22);1H. The Bertz CT molecular complexity index is 599. The second-order valence-electron chi connectivity index (χ2n) is 6.52. The fourth-order valence-corrected chi connectivity index (χ4v) is 3.45. The van der Waals surface area contributed by atoms with Gasteiger partial charge in [-0.25, -0.2) is 0 Å². The van der Waals surface area contributed by atoms with Gasteiger partial charge in [-0.3, -0.25) is 9.59 Å². The number of carbonyl (C=O) groups excluding carboxylic acids is 2. The van der Waals surface area contributed by atoms with Crippen molar-refractivity contribution in [2.75, 3.05) is 10.2 Å². The Morgan fingerprint density at radius 2 is 2.04 bits per heavy atom. The molecule has 5 nitrogen and oxygen atoms in total. The van der Waals surface area contributed by atoms with E-state index in [-0.39, 0.29) is 30.3 Å². The maximum absolute atomic E-state index is 12.4. The van der Waals surface area contributed by atoms with E-state index in [1.807, 2.05) is 36.1 Å². The fourth-order valence-electron chi connectivity index (χ4n) is 3.45. The number of carbonyl (C=O) groups is 2. The molecule has 1 aromatic rings. The molecular formula is C17H24ClN3O2. The van der Waals surface area contributed by atoms with Gasteiger partial charge in [0, 0.05) is 23.8 Å². The quantitative estimate of drug-likeness (QED) is 0.890. The number of nitrogens with two attached hydrogens (primary N) is 1. The van der Waals surface area contributed by atoms with E-state index in [0.29, 0.717) is 12.1 Å². The van der Waals surface area contributed by atoms with Crippen LogP contribution in [0.1, 0.15) is 45.4 Å². The Hall–Kier alpha value is -1.59. The highest BCUT2D eigenvalue weighted by Crippen LogP contribution is 2.31. The van der Waals surface area contributed by atoms with E-state index in [1.54, 1.807) is 0 Å². The summed E-state index contributed by atoms with van der Waals surface area (Å²) in [6, 6.07) is 7.67. The van der Waals surface area contributed by atoms with E-state index in [1.165, 1.54) is 0 Å². The van der Waals surface area contributed by atoms with Crippen LogP contribution in [0.4, 0.5) is 11.4 Å². The Labute approximate surface area is 143 Å².